The standard InChI is InChI=1S/C51H34N4O/c1-4-15-33(16-5-1)39-23-14-24-43-40-22-11-13-26-45(40)55(48(39)43)44-25-12-10-21-38(44)36-27-29-41-42-30-28-37(32-47(42)56-46(41)31-36)51-53-49(34-17-6-2-7-18-34)52-50(54-51)35-19-8-3-9-20-35/h1-32,51H,(H,52,53,54). The highest BCUT2D eigenvalue weighted by Crippen LogP contribution is 2.41. The average Bonchev–Trinajstić information content (AvgIpc) is 3.82. The zero-order valence-corrected chi connectivity index (χ0v) is 30.3. The van der Waals surface area contributed by atoms with Crippen LogP contribution in [-0.2, 0) is 0 Å². The molecule has 10 aromatic rings. The van der Waals surface area contributed by atoms with Gasteiger partial charge < -0.3 is 14.3 Å². The normalized spacial score (nSPS) is 14.2. The van der Waals surface area contributed by atoms with E-state index in [1.165, 1.54) is 32.9 Å². The maximum absolute atomic E-state index is 6.70. The van der Waals surface area contributed by atoms with Crippen LogP contribution in [-0.4, -0.2) is 16.2 Å². The molecule has 8 aromatic carbocycles. The number of fused-ring (bicyclic) bond motifs is 6. The fourth-order valence-corrected chi connectivity index (χ4v) is 8.24. The summed E-state index contributed by atoms with van der Waals surface area (Å²) in [6, 6.07) is 68.1. The van der Waals surface area contributed by atoms with Crippen LogP contribution < -0.4 is 5.32 Å². The lowest BCUT2D eigenvalue weighted by Crippen LogP contribution is -2.33. The fraction of sp³-hybridized carbons (Fsp3) is 0.0196. The Kier molecular flexibility index (Phi) is 7.49. The van der Waals surface area contributed by atoms with Crippen LogP contribution in [0.3, 0.4) is 0 Å². The highest BCUT2D eigenvalue weighted by Gasteiger charge is 2.23. The Morgan fingerprint density at radius 1 is 0.464 bits per heavy atom. The van der Waals surface area contributed by atoms with Crippen molar-refractivity contribution in [3.05, 3.63) is 211 Å². The van der Waals surface area contributed by atoms with Crippen molar-refractivity contribution in [2.75, 3.05) is 0 Å². The summed E-state index contributed by atoms with van der Waals surface area (Å²) in [4.78, 5) is 10.0. The molecule has 3 heterocycles. The number of rotatable bonds is 6. The van der Waals surface area contributed by atoms with Crippen LogP contribution in [0.25, 0.3) is 71.7 Å². The Bertz CT molecular complexity index is 3160. The molecule has 11 rings (SSSR count). The summed E-state index contributed by atoms with van der Waals surface area (Å²) in [5, 5.41) is 8.20. The SMILES string of the molecule is c1ccc(C2=NC(c3ccc4c(c3)oc3cc(-c5ccccc5-n5c6ccccc6c6cccc(-c7ccccc7)c65)ccc34)NC(c3ccccc3)=N2)cc1. The lowest BCUT2D eigenvalue weighted by Gasteiger charge is -2.23. The van der Waals surface area contributed by atoms with Gasteiger partial charge in [0.25, 0.3) is 0 Å². The van der Waals surface area contributed by atoms with Crippen molar-refractivity contribution in [1.29, 1.82) is 0 Å². The Labute approximate surface area is 323 Å². The number of hydrogen-bond donors (Lipinski definition) is 1. The van der Waals surface area contributed by atoms with E-state index in [0.29, 0.717) is 5.84 Å². The van der Waals surface area contributed by atoms with E-state index >= 15 is 0 Å². The number of amidine groups is 2. The molecule has 0 radical (unpaired) electrons. The zero-order valence-electron chi connectivity index (χ0n) is 30.3. The first-order valence-electron chi connectivity index (χ1n) is 18.9. The monoisotopic (exact) mass is 718 g/mol. The topological polar surface area (TPSA) is 54.8 Å². The molecule has 1 aliphatic rings. The minimum atomic E-state index is -0.343. The molecule has 0 bridgehead atoms. The van der Waals surface area contributed by atoms with Crippen LogP contribution in [0.1, 0.15) is 22.9 Å². The second-order valence-electron chi connectivity index (χ2n) is 14.2. The van der Waals surface area contributed by atoms with Gasteiger partial charge in [0.2, 0.25) is 0 Å². The number of aliphatic imine (C=N–C) groups is 2. The smallest absolute Gasteiger partial charge is 0.159 e. The third-order valence-electron chi connectivity index (χ3n) is 10.9. The predicted molar refractivity (Wildman–Crippen MR) is 231 cm³/mol. The van der Waals surface area contributed by atoms with E-state index in [2.05, 4.69) is 168 Å². The van der Waals surface area contributed by atoms with Crippen molar-refractivity contribution < 1.29 is 4.42 Å². The Hall–Kier alpha value is -7.50. The molecule has 0 spiro atoms. The molecule has 0 saturated heterocycles. The zero-order chi connectivity index (χ0) is 37.0. The van der Waals surface area contributed by atoms with E-state index in [4.69, 9.17) is 14.4 Å². The lowest BCUT2D eigenvalue weighted by atomic mass is 10.00. The molecule has 1 unspecified atom stereocenters. The quantitative estimate of drug-likeness (QED) is 0.186. The second kappa shape index (κ2) is 13.1. The van der Waals surface area contributed by atoms with Crippen LogP contribution in [0.4, 0.5) is 0 Å². The van der Waals surface area contributed by atoms with Crippen molar-refractivity contribution in [2.24, 2.45) is 9.98 Å². The van der Waals surface area contributed by atoms with Gasteiger partial charge in [-0.1, -0.05) is 164 Å². The van der Waals surface area contributed by atoms with Crippen molar-refractivity contribution in [3.63, 3.8) is 0 Å². The van der Waals surface area contributed by atoms with Crippen molar-refractivity contribution in [3.8, 4) is 27.9 Å². The molecular weight excluding hydrogens is 685 g/mol. The Balaban J connectivity index is 1.02. The van der Waals surface area contributed by atoms with E-state index < -0.39 is 0 Å². The van der Waals surface area contributed by atoms with Gasteiger partial charge in [0.05, 0.1) is 16.7 Å². The molecule has 56 heavy (non-hydrogen) atoms. The van der Waals surface area contributed by atoms with Crippen LogP contribution in [0.15, 0.2) is 209 Å². The van der Waals surface area contributed by atoms with Gasteiger partial charge in [-0.2, -0.15) is 0 Å². The summed E-state index contributed by atoms with van der Waals surface area (Å²) in [6.07, 6.45) is -0.343. The van der Waals surface area contributed by atoms with Gasteiger partial charge in [-0.05, 0) is 41.5 Å². The van der Waals surface area contributed by atoms with Crippen LogP contribution in [0.5, 0.6) is 0 Å². The van der Waals surface area contributed by atoms with E-state index in [0.717, 1.165) is 61.3 Å². The molecule has 1 atom stereocenters. The number of benzene rings is 8. The number of nitrogens with one attached hydrogen (secondary N) is 1. The fourth-order valence-electron chi connectivity index (χ4n) is 8.24. The van der Waals surface area contributed by atoms with Gasteiger partial charge in [-0.3, -0.25) is 0 Å². The van der Waals surface area contributed by atoms with Gasteiger partial charge in [-0.25, -0.2) is 9.98 Å². The van der Waals surface area contributed by atoms with E-state index in [1.807, 2.05) is 36.4 Å². The molecule has 0 fully saturated rings. The van der Waals surface area contributed by atoms with Gasteiger partial charge >= 0.3 is 0 Å². The highest BCUT2D eigenvalue weighted by molar-refractivity contribution is 6.15. The molecular formula is C51H34N4O. The Morgan fingerprint density at radius 3 is 1.89 bits per heavy atom. The first kappa shape index (κ1) is 32.0. The van der Waals surface area contributed by atoms with E-state index in [-0.39, 0.29) is 6.17 Å². The molecule has 0 aliphatic carbocycles. The van der Waals surface area contributed by atoms with Gasteiger partial charge in [0.1, 0.15) is 23.2 Å². The molecule has 0 amide bonds. The van der Waals surface area contributed by atoms with Gasteiger partial charge in [0, 0.05) is 49.4 Å². The largest absolute Gasteiger partial charge is 0.456 e. The lowest BCUT2D eigenvalue weighted by molar-refractivity contribution is 0.655. The number of para-hydroxylation sites is 3. The van der Waals surface area contributed by atoms with Crippen LogP contribution in [0, 0.1) is 0 Å². The Morgan fingerprint density at radius 2 is 1.09 bits per heavy atom. The molecule has 5 heteroatoms. The van der Waals surface area contributed by atoms with Crippen LogP contribution in [0.2, 0.25) is 0 Å². The summed E-state index contributed by atoms with van der Waals surface area (Å²) in [6.45, 7) is 0. The maximum atomic E-state index is 6.70. The third kappa shape index (κ3) is 5.32. The van der Waals surface area contributed by atoms with Crippen molar-refractivity contribution >= 4 is 55.4 Å². The first-order valence-corrected chi connectivity index (χ1v) is 18.9. The predicted octanol–water partition coefficient (Wildman–Crippen LogP) is 12.5. The first-order chi connectivity index (χ1) is 27.8. The molecule has 264 valence electrons. The summed E-state index contributed by atoms with van der Waals surface area (Å²) in [5.74, 6) is 1.48. The highest BCUT2D eigenvalue weighted by atomic mass is 16.3. The van der Waals surface area contributed by atoms with Crippen molar-refractivity contribution in [1.82, 2.24) is 9.88 Å². The minimum Gasteiger partial charge on any atom is -0.456 e. The summed E-state index contributed by atoms with van der Waals surface area (Å²) in [7, 11) is 0. The third-order valence-corrected chi connectivity index (χ3v) is 10.9. The molecule has 1 aliphatic heterocycles. The van der Waals surface area contributed by atoms with Crippen LogP contribution >= 0.6 is 0 Å². The molecule has 2 aromatic heterocycles. The average molecular weight is 719 g/mol. The second-order valence-corrected chi connectivity index (χ2v) is 14.2. The van der Waals surface area contributed by atoms with Gasteiger partial charge in [0.15, 0.2) is 5.84 Å². The van der Waals surface area contributed by atoms with E-state index in [1.54, 1.807) is 0 Å². The summed E-state index contributed by atoms with van der Waals surface area (Å²) >= 11 is 0. The molecule has 5 nitrogen and oxygen atoms in total. The van der Waals surface area contributed by atoms with Crippen molar-refractivity contribution in [2.45, 2.75) is 6.17 Å². The minimum absolute atomic E-state index is 0.343. The summed E-state index contributed by atoms with van der Waals surface area (Å²) < 4.78 is 9.14. The maximum Gasteiger partial charge on any atom is 0.159 e. The summed E-state index contributed by atoms with van der Waals surface area (Å²) in [5.41, 5.74) is 12.7. The number of hydrogen-bond acceptors (Lipinski definition) is 4. The number of aromatic nitrogens is 1. The molecule has 1 N–H and O–H groups in total. The van der Waals surface area contributed by atoms with Gasteiger partial charge in [-0.15, -0.1) is 0 Å². The van der Waals surface area contributed by atoms with E-state index in [9.17, 15) is 0 Å². The molecule has 0 saturated carbocycles. The number of nitrogens with zero attached hydrogens (tertiary/aromatic N) is 3. The number of furan rings is 1.